The number of rotatable bonds is 8. The van der Waals surface area contributed by atoms with Crippen molar-refractivity contribution in [2.45, 2.75) is 91.8 Å². The van der Waals surface area contributed by atoms with Gasteiger partial charge in [0.05, 0.1) is 6.10 Å². The minimum atomic E-state index is -0.684. The molecule has 0 aliphatic heterocycles. The van der Waals surface area contributed by atoms with E-state index in [1.165, 1.54) is 0 Å². The zero-order valence-electron chi connectivity index (χ0n) is 18.0. The van der Waals surface area contributed by atoms with Crippen molar-refractivity contribution < 1.29 is 14.3 Å². The molecule has 0 spiro atoms. The Morgan fingerprint density at radius 3 is 2.33 bits per heavy atom. The first-order chi connectivity index (χ1) is 12.8. The van der Waals surface area contributed by atoms with Crippen LogP contribution in [0.3, 0.4) is 0 Å². The average Bonchev–Trinajstić information content (AvgIpc) is 2.64. The van der Waals surface area contributed by atoms with Crippen LogP contribution in [-0.4, -0.2) is 24.2 Å². The number of ether oxygens (including phenoxy) is 2. The molecule has 0 bridgehead atoms. The van der Waals surface area contributed by atoms with Crippen molar-refractivity contribution in [3.63, 3.8) is 0 Å². The largest absolute Gasteiger partial charge is 0.490 e. The third-order valence-corrected chi connectivity index (χ3v) is 5.69. The highest BCUT2D eigenvalue weighted by Crippen LogP contribution is 2.36. The maximum absolute atomic E-state index is 13.2. The molecule has 0 radical (unpaired) electrons. The molecule has 4 heteroatoms. The molecule has 1 N–H and O–H groups in total. The summed E-state index contributed by atoms with van der Waals surface area (Å²) in [5.41, 5.74) is 2.23. The Morgan fingerprint density at radius 1 is 1.22 bits per heavy atom. The summed E-state index contributed by atoms with van der Waals surface area (Å²) in [6.45, 7) is 13.2. The summed E-state index contributed by atoms with van der Waals surface area (Å²) in [6, 6.07) is 4.00. The van der Waals surface area contributed by atoms with Crippen LogP contribution >= 0.6 is 0 Å². The smallest absolute Gasteiger partial charge is 0.256 e. The lowest BCUT2D eigenvalue weighted by Crippen LogP contribution is -2.48. The fourth-order valence-corrected chi connectivity index (χ4v) is 3.70. The second kappa shape index (κ2) is 9.59. The molecule has 1 unspecified atom stereocenters. The number of carbonyl (C=O) groups excluding carboxylic acids is 1. The van der Waals surface area contributed by atoms with Crippen molar-refractivity contribution in [3.8, 4) is 5.75 Å². The van der Waals surface area contributed by atoms with Crippen molar-refractivity contribution in [1.29, 1.82) is 0 Å². The van der Waals surface area contributed by atoms with Crippen LogP contribution in [-0.2, 0) is 9.53 Å². The van der Waals surface area contributed by atoms with E-state index >= 15 is 0 Å². The van der Waals surface area contributed by atoms with E-state index in [9.17, 15) is 4.79 Å². The Hall–Kier alpha value is -1.55. The number of nitrogens with one attached hydrogen (secondary N) is 1. The van der Waals surface area contributed by atoms with Gasteiger partial charge in [-0.25, -0.2) is 0 Å². The van der Waals surface area contributed by atoms with Crippen molar-refractivity contribution in [2.24, 2.45) is 5.92 Å². The molecule has 4 nitrogen and oxygen atoms in total. The maximum Gasteiger partial charge on any atom is 0.256 e. The monoisotopic (exact) mass is 375 g/mol. The molecule has 2 rings (SSSR count). The van der Waals surface area contributed by atoms with Crippen LogP contribution in [0.15, 0.2) is 12.1 Å². The van der Waals surface area contributed by atoms with Gasteiger partial charge in [-0.1, -0.05) is 20.8 Å². The van der Waals surface area contributed by atoms with E-state index in [1.807, 2.05) is 26.0 Å². The van der Waals surface area contributed by atoms with E-state index in [0.717, 1.165) is 61.1 Å². The topological polar surface area (TPSA) is 47.6 Å². The Balaban J connectivity index is 2.17. The predicted molar refractivity (Wildman–Crippen MR) is 112 cm³/mol. The number of benzene rings is 1. The van der Waals surface area contributed by atoms with Gasteiger partial charge in [0.1, 0.15) is 11.4 Å². The van der Waals surface area contributed by atoms with Crippen molar-refractivity contribution in [2.75, 3.05) is 11.9 Å². The summed E-state index contributed by atoms with van der Waals surface area (Å²) in [6.07, 6.45) is 5.74. The average molecular weight is 376 g/mol. The van der Waals surface area contributed by atoms with E-state index in [1.54, 1.807) is 0 Å². The molecule has 0 aromatic heterocycles. The highest BCUT2D eigenvalue weighted by Gasteiger charge is 2.42. The van der Waals surface area contributed by atoms with Crippen molar-refractivity contribution in [1.82, 2.24) is 0 Å². The molecule has 1 aliphatic rings. The molecule has 1 aromatic rings. The molecule has 1 atom stereocenters. The first-order valence-electron chi connectivity index (χ1n) is 10.5. The number of hydrogen-bond acceptors (Lipinski definition) is 3. The van der Waals surface area contributed by atoms with E-state index in [2.05, 4.69) is 33.0 Å². The van der Waals surface area contributed by atoms with Crippen LogP contribution in [0.4, 0.5) is 5.69 Å². The number of amides is 1. The van der Waals surface area contributed by atoms with Crippen LogP contribution in [0.25, 0.3) is 0 Å². The Morgan fingerprint density at radius 2 is 1.81 bits per heavy atom. The zero-order valence-corrected chi connectivity index (χ0v) is 18.0. The predicted octanol–water partition coefficient (Wildman–Crippen LogP) is 5.79. The van der Waals surface area contributed by atoms with Gasteiger partial charge in [-0.15, -0.1) is 0 Å². The summed E-state index contributed by atoms with van der Waals surface area (Å²) in [5, 5.41) is 3.13. The summed E-state index contributed by atoms with van der Waals surface area (Å²) in [4.78, 5) is 13.2. The number of anilines is 1. The van der Waals surface area contributed by atoms with Gasteiger partial charge in [0.15, 0.2) is 0 Å². The van der Waals surface area contributed by atoms with Gasteiger partial charge in [-0.3, -0.25) is 4.79 Å². The lowest BCUT2D eigenvalue weighted by molar-refractivity contribution is -0.147. The molecule has 1 fully saturated rings. The number of carbonyl (C=O) groups is 1. The molecule has 1 aromatic carbocycles. The lowest BCUT2D eigenvalue weighted by atomic mass is 9.78. The molecule has 1 amide bonds. The second-order valence-corrected chi connectivity index (χ2v) is 8.26. The molecular formula is C23H37NO3. The van der Waals surface area contributed by atoms with Gasteiger partial charge in [0, 0.05) is 12.3 Å². The standard InChI is InChI=1S/C23H37NO3/c1-7-13-26-23(11-9-16(3)10-12-23)22(25)24-20-14-17(4)21(18(5)15-20)27-19(6)8-2/h14-16,19H,7-13H2,1-6H3,(H,24,25). The van der Waals surface area contributed by atoms with Crippen LogP contribution in [0.1, 0.15) is 77.3 Å². The normalized spacial score (nSPS) is 23.7. The Bertz CT molecular complexity index is 604. The van der Waals surface area contributed by atoms with E-state index in [-0.39, 0.29) is 12.0 Å². The summed E-state index contributed by atoms with van der Waals surface area (Å²) >= 11 is 0. The molecule has 0 heterocycles. The summed E-state index contributed by atoms with van der Waals surface area (Å²) in [7, 11) is 0. The fourth-order valence-electron chi connectivity index (χ4n) is 3.70. The molecule has 0 saturated heterocycles. The van der Waals surface area contributed by atoms with Crippen molar-refractivity contribution in [3.05, 3.63) is 23.3 Å². The highest BCUT2D eigenvalue weighted by atomic mass is 16.5. The third kappa shape index (κ3) is 5.47. The maximum atomic E-state index is 13.2. The van der Waals surface area contributed by atoms with E-state index in [4.69, 9.17) is 9.47 Å². The second-order valence-electron chi connectivity index (χ2n) is 8.26. The summed E-state index contributed by atoms with van der Waals surface area (Å²) in [5.74, 6) is 1.58. The lowest BCUT2D eigenvalue weighted by Gasteiger charge is -2.38. The molecule has 152 valence electrons. The van der Waals surface area contributed by atoms with Gasteiger partial charge in [-0.2, -0.15) is 0 Å². The van der Waals surface area contributed by atoms with Gasteiger partial charge in [-0.05, 0) is 88.5 Å². The first kappa shape index (κ1) is 21.7. The third-order valence-electron chi connectivity index (χ3n) is 5.69. The van der Waals surface area contributed by atoms with Crippen LogP contribution in [0.5, 0.6) is 5.75 Å². The zero-order chi connectivity index (χ0) is 20.0. The Labute approximate surface area is 165 Å². The highest BCUT2D eigenvalue weighted by molar-refractivity contribution is 5.97. The summed E-state index contributed by atoms with van der Waals surface area (Å²) < 4.78 is 12.2. The van der Waals surface area contributed by atoms with Crippen LogP contribution < -0.4 is 10.1 Å². The van der Waals surface area contributed by atoms with Gasteiger partial charge in [0.2, 0.25) is 0 Å². The van der Waals surface area contributed by atoms with Gasteiger partial charge in [0.25, 0.3) is 5.91 Å². The number of aryl methyl sites for hydroxylation is 2. The molecular weight excluding hydrogens is 338 g/mol. The first-order valence-corrected chi connectivity index (χ1v) is 10.5. The SMILES string of the molecule is CCCOC1(C(=O)Nc2cc(C)c(OC(C)CC)c(C)c2)CCC(C)CC1. The molecule has 1 aliphatic carbocycles. The van der Waals surface area contributed by atoms with E-state index < -0.39 is 5.60 Å². The minimum Gasteiger partial charge on any atom is -0.490 e. The quantitative estimate of drug-likeness (QED) is 0.625. The minimum absolute atomic E-state index is 0.00255. The van der Waals surface area contributed by atoms with Gasteiger partial charge >= 0.3 is 0 Å². The molecule has 1 saturated carbocycles. The van der Waals surface area contributed by atoms with Gasteiger partial charge < -0.3 is 14.8 Å². The van der Waals surface area contributed by atoms with Crippen LogP contribution in [0.2, 0.25) is 0 Å². The molecule has 27 heavy (non-hydrogen) atoms. The van der Waals surface area contributed by atoms with E-state index in [0.29, 0.717) is 12.5 Å². The van der Waals surface area contributed by atoms with Crippen molar-refractivity contribution >= 4 is 11.6 Å². The fraction of sp³-hybridized carbons (Fsp3) is 0.696. The number of hydrogen-bond donors (Lipinski definition) is 1. The Kier molecular flexibility index (Phi) is 7.72. The van der Waals surface area contributed by atoms with Crippen LogP contribution in [0, 0.1) is 19.8 Å².